The molecule has 1 atom stereocenters. The minimum atomic E-state index is -0.113. The second kappa shape index (κ2) is 5.66. The Labute approximate surface area is 118 Å². The van der Waals surface area contributed by atoms with Crippen LogP contribution in [0, 0.1) is 20.8 Å². The van der Waals surface area contributed by atoms with Gasteiger partial charge in [0, 0.05) is 10.5 Å². The number of carbonyl (C=O) groups excluding carboxylic acids is 1. The fourth-order valence-electron chi connectivity index (χ4n) is 1.87. The quantitative estimate of drug-likeness (QED) is 0.604. The van der Waals surface area contributed by atoms with Crippen molar-refractivity contribution in [1.29, 1.82) is 0 Å². The fraction of sp³-hybridized carbons (Fsp3) is 0.312. The van der Waals surface area contributed by atoms with E-state index in [2.05, 4.69) is 6.92 Å². The van der Waals surface area contributed by atoms with E-state index in [0.29, 0.717) is 0 Å². The number of rotatable bonds is 4. The van der Waals surface area contributed by atoms with E-state index in [9.17, 15) is 4.79 Å². The topological polar surface area (TPSA) is 30.2 Å². The number of aryl methyl sites for hydroxylation is 3. The SMILES string of the molecule is Cc1ccc(C(=O)C(C)Sc2ccoc2C)cc1C. The lowest BCUT2D eigenvalue weighted by Gasteiger charge is -2.11. The largest absolute Gasteiger partial charge is 0.468 e. The summed E-state index contributed by atoms with van der Waals surface area (Å²) in [5, 5.41) is -0.113. The van der Waals surface area contributed by atoms with Gasteiger partial charge >= 0.3 is 0 Å². The molecule has 2 aromatic rings. The molecule has 1 aromatic carbocycles. The van der Waals surface area contributed by atoms with Crippen LogP contribution in [0.4, 0.5) is 0 Å². The summed E-state index contributed by atoms with van der Waals surface area (Å²) in [5.74, 6) is 1.03. The predicted octanol–water partition coefficient (Wildman–Crippen LogP) is 4.57. The minimum absolute atomic E-state index is 0.113. The zero-order valence-corrected chi connectivity index (χ0v) is 12.5. The van der Waals surface area contributed by atoms with Gasteiger partial charge < -0.3 is 4.42 Å². The lowest BCUT2D eigenvalue weighted by Crippen LogP contribution is -2.13. The summed E-state index contributed by atoms with van der Waals surface area (Å²) in [5.41, 5.74) is 3.15. The third-order valence-corrected chi connectivity index (χ3v) is 4.52. The van der Waals surface area contributed by atoms with Crippen LogP contribution in [0.15, 0.2) is 39.8 Å². The highest BCUT2D eigenvalue weighted by atomic mass is 32.2. The van der Waals surface area contributed by atoms with Gasteiger partial charge in [-0.25, -0.2) is 0 Å². The Hall–Kier alpha value is -1.48. The molecule has 0 fully saturated rings. The minimum Gasteiger partial charge on any atom is -0.468 e. The lowest BCUT2D eigenvalue weighted by molar-refractivity contribution is 0.0994. The summed E-state index contributed by atoms with van der Waals surface area (Å²) < 4.78 is 5.25. The van der Waals surface area contributed by atoms with Crippen LogP contribution in [0.5, 0.6) is 0 Å². The predicted molar refractivity (Wildman–Crippen MR) is 79.0 cm³/mol. The molecule has 1 unspecified atom stereocenters. The van der Waals surface area contributed by atoms with Gasteiger partial charge in [0.1, 0.15) is 5.76 Å². The van der Waals surface area contributed by atoms with Gasteiger partial charge in [-0.15, -0.1) is 11.8 Å². The molecule has 0 aliphatic rings. The number of Topliss-reactive ketones (excluding diaryl/α,β-unsaturated/α-hetero) is 1. The smallest absolute Gasteiger partial charge is 0.175 e. The number of hydrogen-bond acceptors (Lipinski definition) is 3. The van der Waals surface area contributed by atoms with E-state index in [0.717, 1.165) is 21.8 Å². The fourth-order valence-corrected chi connectivity index (χ4v) is 2.84. The van der Waals surface area contributed by atoms with E-state index in [1.807, 2.05) is 45.0 Å². The van der Waals surface area contributed by atoms with Gasteiger partial charge in [0.2, 0.25) is 0 Å². The Kier molecular flexibility index (Phi) is 4.15. The molecule has 19 heavy (non-hydrogen) atoms. The van der Waals surface area contributed by atoms with Crippen LogP contribution in [0.1, 0.15) is 34.2 Å². The van der Waals surface area contributed by atoms with Crippen molar-refractivity contribution in [1.82, 2.24) is 0 Å². The van der Waals surface area contributed by atoms with E-state index >= 15 is 0 Å². The molecular weight excluding hydrogens is 256 g/mol. The first-order valence-electron chi connectivity index (χ1n) is 6.31. The number of thioether (sulfide) groups is 1. The number of carbonyl (C=O) groups is 1. The van der Waals surface area contributed by atoms with Gasteiger partial charge in [-0.3, -0.25) is 4.79 Å². The molecule has 2 nitrogen and oxygen atoms in total. The van der Waals surface area contributed by atoms with Crippen LogP contribution in [-0.2, 0) is 0 Å². The number of furan rings is 1. The van der Waals surface area contributed by atoms with E-state index in [1.165, 1.54) is 5.56 Å². The molecule has 3 heteroatoms. The van der Waals surface area contributed by atoms with Gasteiger partial charge in [-0.2, -0.15) is 0 Å². The van der Waals surface area contributed by atoms with Gasteiger partial charge in [0.25, 0.3) is 0 Å². The monoisotopic (exact) mass is 274 g/mol. The van der Waals surface area contributed by atoms with Crippen LogP contribution in [-0.4, -0.2) is 11.0 Å². The molecule has 2 rings (SSSR count). The summed E-state index contributed by atoms with van der Waals surface area (Å²) in [6.07, 6.45) is 1.66. The third kappa shape index (κ3) is 3.10. The zero-order valence-electron chi connectivity index (χ0n) is 11.7. The van der Waals surface area contributed by atoms with Crippen LogP contribution in [0.2, 0.25) is 0 Å². The van der Waals surface area contributed by atoms with E-state index in [-0.39, 0.29) is 11.0 Å². The summed E-state index contributed by atoms with van der Waals surface area (Å²) in [7, 11) is 0. The number of ketones is 1. The average Bonchev–Trinajstić information content (AvgIpc) is 2.77. The summed E-state index contributed by atoms with van der Waals surface area (Å²) in [6.45, 7) is 7.94. The summed E-state index contributed by atoms with van der Waals surface area (Å²) in [4.78, 5) is 13.4. The third-order valence-electron chi connectivity index (χ3n) is 3.28. The van der Waals surface area contributed by atoms with E-state index in [4.69, 9.17) is 4.42 Å². The average molecular weight is 274 g/mol. The molecule has 1 aromatic heterocycles. The Morgan fingerprint density at radius 3 is 2.47 bits per heavy atom. The highest BCUT2D eigenvalue weighted by molar-refractivity contribution is 8.00. The maximum absolute atomic E-state index is 12.4. The molecule has 0 saturated heterocycles. The molecule has 0 aliphatic carbocycles. The van der Waals surface area contributed by atoms with Crippen LogP contribution >= 0.6 is 11.8 Å². The molecule has 0 N–H and O–H groups in total. The van der Waals surface area contributed by atoms with Gasteiger partial charge in [-0.05, 0) is 51.0 Å². The standard InChI is InChI=1S/C16H18O2S/c1-10-5-6-14(9-11(10)2)16(17)13(4)19-15-7-8-18-12(15)3/h5-9,13H,1-4H3. The summed E-state index contributed by atoms with van der Waals surface area (Å²) in [6, 6.07) is 7.79. The molecule has 0 saturated carbocycles. The molecular formula is C16H18O2S. The van der Waals surface area contributed by atoms with Crippen LogP contribution in [0.25, 0.3) is 0 Å². The second-order valence-corrected chi connectivity index (χ2v) is 6.15. The molecule has 0 bridgehead atoms. The van der Waals surface area contributed by atoms with Crippen molar-refractivity contribution in [2.24, 2.45) is 0 Å². The Morgan fingerprint density at radius 2 is 1.89 bits per heavy atom. The maximum atomic E-state index is 12.4. The number of benzene rings is 1. The van der Waals surface area contributed by atoms with Gasteiger partial charge in [0.15, 0.2) is 5.78 Å². The molecule has 1 heterocycles. The first-order chi connectivity index (χ1) is 8.99. The van der Waals surface area contributed by atoms with Crippen molar-refractivity contribution >= 4 is 17.5 Å². The highest BCUT2D eigenvalue weighted by Crippen LogP contribution is 2.29. The molecule has 0 amide bonds. The van der Waals surface area contributed by atoms with Crippen molar-refractivity contribution in [3.63, 3.8) is 0 Å². The molecule has 0 spiro atoms. The Morgan fingerprint density at radius 1 is 1.16 bits per heavy atom. The molecule has 100 valence electrons. The Bertz CT molecular complexity index is 599. The van der Waals surface area contributed by atoms with Crippen LogP contribution < -0.4 is 0 Å². The van der Waals surface area contributed by atoms with Crippen LogP contribution in [0.3, 0.4) is 0 Å². The Balaban J connectivity index is 2.15. The first kappa shape index (κ1) is 13.9. The zero-order chi connectivity index (χ0) is 14.0. The maximum Gasteiger partial charge on any atom is 0.175 e. The van der Waals surface area contributed by atoms with E-state index in [1.54, 1.807) is 18.0 Å². The van der Waals surface area contributed by atoms with E-state index < -0.39 is 0 Å². The highest BCUT2D eigenvalue weighted by Gasteiger charge is 2.18. The lowest BCUT2D eigenvalue weighted by atomic mass is 10.0. The summed E-state index contributed by atoms with van der Waals surface area (Å²) >= 11 is 1.55. The second-order valence-electron chi connectivity index (χ2n) is 4.76. The van der Waals surface area contributed by atoms with Gasteiger partial charge in [0.05, 0.1) is 11.5 Å². The molecule has 0 radical (unpaired) electrons. The molecule has 0 aliphatic heterocycles. The first-order valence-corrected chi connectivity index (χ1v) is 7.19. The number of hydrogen-bond donors (Lipinski definition) is 0. The normalized spacial score (nSPS) is 12.4. The van der Waals surface area contributed by atoms with Crippen molar-refractivity contribution in [3.05, 3.63) is 53.0 Å². The van der Waals surface area contributed by atoms with Crippen molar-refractivity contribution in [3.8, 4) is 0 Å². The van der Waals surface area contributed by atoms with Crippen molar-refractivity contribution in [2.45, 2.75) is 37.8 Å². The van der Waals surface area contributed by atoms with Gasteiger partial charge in [-0.1, -0.05) is 12.1 Å². The van der Waals surface area contributed by atoms with Crippen molar-refractivity contribution in [2.75, 3.05) is 0 Å². The van der Waals surface area contributed by atoms with Crippen molar-refractivity contribution < 1.29 is 9.21 Å².